The third-order valence-corrected chi connectivity index (χ3v) is 9.94. The molecule has 11 heteroatoms. The molecule has 0 spiro atoms. The highest BCUT2D eigenvalue weighted by Crippen LogP contribution is 2.36. The zero-order valence-corrected chi connectivity index (χ0v) is 32.7. The van der Waals surface area contributed by atoms with E-state index in [1.54, 1.807) is 12.2 Å². The highest BCUT2D eigenvalue weighted by molar-refractivity contribution is 7.46. The number of phosphoric ester groups is 1. The van der Waals surface area contributed by atoms with Gasteiger partial charge in [-0.15, -0.1) is 0 Å². The first-order valence-electron chi connectivity index (χ1n) is 19.7. The van der Waals surface area contributed by atoms with Crippen LogP contribution < -0.4 is 0 Å². The number of ether oxygens (including phenoxy) is 2. The molecular weight excluding hydrogens is 671 g/mol. The van der Waals surface area contributed by atoms with E-state index in [0.717, 1.165) is 44.4 Å². The molecule has 0 bridgehead atoms. The lowest BCUT2D eigenvalue weighted by molar-refractivity contribution is -0.161. The summed E-state index contributed by atoms with van der Waals surface area (Å²) in [7, 11) is -4.80. The molecule has 51 heavy (non-hydrogen) atoms. The van der Waals surface area contributed by atoms with Gasteiger partial charge in [0, 0.05) is 18.8 Å². The van der Waals surface area contributed by atoms with Crippen molar-refractivity contribution in [2.45, 2.75) is 168 Å². The number of hydrogen-bond acceptors (Lipinski definition) is 8. The molecule has 0 fully saturated rings. The molecule has 0 radical (unpaired) electrons. The van der Waals surface area contributed by atoms with Crippen molar-refractivity contribution in [1.29, 1.82) is 0 Å². The van der Waals surface area contributed by atoms with Gasteiger partial charge in [-0.1, -0.05) is 141 Å². The Kier molecular flexibility index (Phi) is 27.0. The van der Waals surface area contributed by atoms with E-state index < -0.39 is 38.6 Å². The number of phosphoric acid groups is 1. The van der Waals surface area contributed by atoms with Gasteiger partial charge in [0.05, 0.1) is 12.7 Å². The van der Waals surface area contributed by atoms with E-state index in [4.69, 9.17) is 19.3 Å². The summed E-state index contributed by atoms with van der Waals surface area (Å²) in [5.74, 6) is -0.411. The third kappa shape index (κ3) is 26.3. The van der Waals surface area contributed by atoms with Gasteiger partial charge in [-0.05, 0) is 50.0 Å². The van der Waals surface area contributed by atoms with E-state index in [-0.39, 0.29) is 37.1 Å². The largest absolute Gasteiger partial charge is 0.469 e. The minimum atomic E-state index is -4.80. The Morgan fingerprint density at radius 2 is 1.47 bits per heavy atom. The van der Waals surface area contributed by atoms with Gasteiger partial charge < -0.3 is 24.4 Å². The summed E-state index contributed by atoms with van der Waals surface area (Å²) in [5.41, 5.74) is 0. The number of rotatable bonds is 32. The molecule has 3 N–H and O–H groups in total. The molecule has 0 amide bonds. The molecule has 1 aliphatic carbocycles. The average Bonchev–Trinajstić information content (AvgIpc) is 3.44. The average molecular weight is 741 g/mol. The first-order valence-corrected chi connectivity index (χ1v) is 21.3. The van der Waals surface area contributed by atoms with Crippen LogP contribution in [-0.4, -0.2) is 58.0 Å². The molecule has 10 nitrogen and oxygen atoms in total. The minimum absolute atomic E-state index is 0.0293. The standard InChI is InChI=1S/C40H69O10P/c1-4-6-17-24-35(41)28-29-37-34(27-30-38(37)42)23-19-15-16-20-25-39(43)48-31-36(32-49-51(45,46)47)50-40(44)26-21-14-12-10-8-7-9-11-13-18-22-33(3)5-2/h15,19,27-30,33-37,41H,4-14,16-18,20-26,31-32H2,1-3H3,(H2,45,46,47)/b19-15-,29-28+/t33?,34-,35-,36+,37+/m0/s1. The molecule has 0 saturated carbocycles. The van der Waals surface area contributed by atoms with Crippen LogP contribution in [0.2, 0.25) is 0 Å². The quantitative estimate of drug-likeness (QED) is 0.0263. The van der Waals surface area contributed by atoms with Gasteiger partial charge in [0.2, 0.25) is 0 Å². The number of carbonyl (C=O) groups excluding carboxylic acids is 3. The number of carbonyl (C=O) groups is 3. The van der Waals surface area contributed by atoms with Crippen LogP contribution in [-0.2, 0) is 32.9 Å². The predicted molar refractivity (Wildman–Crippen MR) is 202 cm³/mol. The first-order chi connectivity index (χ1) is 24.4. The Morgan fingerprint density at radius 1 is 0.843 bits per heavy atom. The van der Waals surface area contributed by atoms with E-state index in [9.17, 15) is 24.1 Å². The van der Waals surface area contributed by atoms with Gasteiger partial charge >= 0.3 is 19.8 Å². The van der Waals surface area contributed by atoms with Crippen molar-refractivity contribution < 1.29 is 47.8 Å². The number of aliphatic hydroxyl groups is 1. The number of esters is 2. The van der Waals surface area contributed by atoms with E-state index in [2.05, 4.69) is 25.3 Å². The van der Waals surface area contributed by atoms with Crippen LogP contribution in [0.1, 0.15) is 156 Å². The maximum atomic E-state index is 12.4. The Balaban J connectivity index is 2.28. The fraction of sp³-hybridized carbons (Fsp3) is 0.775. The summed E-state index contributed by atoms with van der Waals surface area (Å²) in [6.07, 6.45) is 29.2. The van der Waals surface area contributed by atoms with Gasteiger partial charge in [0.1, 0.15) is 6.61 Å². The summed E-state index contributed by atoms with van der Waals surface area (Å²) in [4.78, 5) is 55.2. The van der Waals surface area contributed by atoms with Crippen molar-refractivity contribution in [3.8, 4) is 0 Å². The minimum Gasteiger partial charge on any atom is -0.462 e. The SMILES string of the molecule is CCCCC[C@H](O)/C=C/[C@H]1C(=O)C=C[C@@H]1C/C=C\CCCC(=O)OC[C@H](COP(=O)(O)O)OC(=O)CCCCCCCCCCCCC(C)CC. The number of aliphatic hydroxyl groups excluding tert-OH is 1. The second-order valence-electron chi connectivity index (χ2n) is 14.2. The van der Waals surface area contributed by atoms with Crippen LogP contribution >= 0.6 is 7.82 Å². The van der Waals surface area contributed by atoms with Crippen LogP contribution in [0, 0.1) is 17.8 Å². The van der Waals surface area contributed by atoms with Gasteiger partial charge in [-0.25, -0.2) is 4.57 Å². The van der Waals surface area contributed by atoms with Crippen LogP contribution in [0.25, 0.3) is 0 Å². The van der Waals surface area contributed by atoms with E-state index >= 15 is 0 Å². The number of ketones is 1. The van der Waals surface area contributed by atoms with Crippen LogP contribution in [0.4, 0.5) is 0 Å². The maximum Gasteiger partial charge on any atom is 0.469 e. The zero-order valence-electron chi connectivity index (χ0n) is 31.8. The molecule has 0 aromatic rings. The van der Waals surface area contributed by atoms with Gasteiger partial charge in [0.15, 0.2) is 11.9 Å². The zero-order chi connectivity index (χ0) is 37.7. The molecular formula is C40H69O10P. The van der Waals surface area contributed by atoms with E-state index in [1.807, 2.05) is 24.3 Å². The topological polar surface area (TPSA) is 157 Å². The van der Waals surface area contributed by atoms with Crippen LogP contribution in [0.3, 0.4) is 0 Å². The smallest absolute Gasteiger partial charge is 0.462 e. The second-order valence-corrected chi connectivity index (χ2v) is 15.4. The monoisotopic (exact) mass is 740 g/mol. The number of unbranched alkanes of at least 4 members (excludes halogenated alkanes) is 12. The third-order valence-electron chi connectivity index (χ3n) is 9.45. The molecule has 0 saturated heterocycles. The van der Waals surface area contributed by atoms with Crippen LogP contribution in [0.5, 0.6) is 0 Å². The lowest BCUT2D eigenvalue weighted by atomic mass is 9.90. The Labute approximate surface area is 308 Å². The van der Waals surface area contributed by atoms with Gasteiger partial charge in [-0.2, -0.15) is 0 Å². The maximum absolute atomic E-state index is 12.4. The molecule has 0 aromatic heterocycles. The van der Waals surface area contributed by atoms with Crippen LogP contribution in [0.15, 0.2) is 36.5 Å². The van der Waals surface area contributed by atoms with Crippen molar-refractivity contribution in [3.63, 3.8) is 0 Å². The normalized spacial score (nSPS) is 18.1. The molecule has 0 heterocycles. The fourth-order valence-corrected chi connectivity index (χ4v) is 6.35. The molecule has 1 unspecified atom stereocenters. The number of allylic oxidation sites excluding steroid dienone is 5. The Morgan fingerprint density at radius 3 is 2.12 bits per heavy atom. The predicted octanol–water partition coefficient (Wildman–Crippen LogP) is 9.26. The number of hydrogen-bond donors (Lipinski definition) is 3. The fourth-order valence-electron chi connectivity index (χ4n) is 5.99. The highest BCUT2D eigenvalue weighted by Gasteiger charge is 2.27. The lowest BCUT2D eigenvalue weighted by Gasteiger charge is -2.18. The van der Waals surface area contributed by atoms with E-state index in [0.29, 0.717) is 32.1 Å². The lowest BCUT2D eigenvalue weighted by Crippen LogP contribution is -2.29. The molecule has 0 aromatic carbocycles. The molecule has 1 rings (SSSR count). The highest BCUT2D eigenvalue weighted by atomic mass is 31.2. The Bertz CT molecular complexity index is 1080. The van der Waals surface area contributed by atoms with Gasteiger partial charge in [-0.3, -0.25) is 18.9 Å². The molecule has 294 valence electrons. The summed E-state index contributed by atoms with van der Waals surface area (Å²) < 4.78 is 26.3. The molecule has 5 atom stereocenters. The second kappa shape index (κ2) is 29.4. The van der Waals surface area contributed by atoms with Crippen molar-refractivity contribution in [3.05, 3.63) is 36.5 Å². The van der Waals surface area contributed by atoms with Crippen molar-refractivity contribution >= 4 is 25.5 Å². The van der Waals surface area contributed by atoms with Crippen molar-refractivity contribution in [1.82, 2.24) is 0 Å². The molecule has 0 aliphatic heterocycles. The summed E-state index contributed by atoms with van der Waals surface area (Å²) in [5, 5.41) is 10.2. The first kappa shape index (κ1) is 46.9. The van der Waals surface area contributed by atoms with Crippen molar-refractivity contribution in [2.24, 2.45) is 17.8 Å². The van der Waals surface area contributed by atoms with E-state index in [1.165, 1.54) is 51.4 Å². The van der Waals surface area contributed by atoms with Crippen molar-refractivity contribution in [2.75, 3.05) is 13.2 Å². The molecule has 1 aliphatic rings. The summed E-state index contributed by atoms with van der Waals surface area (Å²) in [6, 6.07) is 0. The Hall–Kier alpha value is -2.10. The summed E-state index contributed by atoms with van der Waals surface area (Å²) >= 11 is 0. The summed E-state index contributed by atoms with van der Waals surface area (Å²) in [6.45, 7) is 5.74. The van der Waals surface area contributed by atoms with Gasteiger partial charge in [0.25, 0.3) is 0 Å².